The number of para-hydroxylation sites is 1. The molecule has 0 radical (unpaired) electrons. The molecule has 0 saturated heterocycles. The molecule has 0 fully saturated rings. The lowest BCUT2D eigenvalue weighted by Crippen LogP contribution is -2.40. The number of nitrogens with zero attached hydrogens (tertiary/aromatic N) is 2. The van der Waals surface area contributed by atoms with E-state index < -0.39 is 5.41 Å². The van der Waals surface area contributed by atoms with Crippen molar-refractivity contribution in [3.8, 4) is 5.75 Å². The van der Waals surface area contributed by atoms with Crippen LogP contribution in [0.4, 0.5) is 11.4 Å². The highest BCUT2D eigenvalue weighted by molar-refractivity contribution is 5.92. The molecule has 6 heteroatoms. The molecule has 0 aliphatic carbocycles. The molecule has 190 valence electrons. The largest absolute Gasteiger partial charge is 0.484 e. The van der Waals surface area contributed by atoms with Crippen LogP contribution in [-0.4, -0.2) is 37.4 Å². The Morgan fingerprint density at radius 2 is 1.53 bits per heavy atom. The summed E-state index contributed by atoms with van der Waals surface area (Å²) in [5.74, 6) is 0.458. The number of nitrogens with one attached hydrogen (secondary N) is 1. The molecular weight excluding hydrogens is 450 g/mol. The normalized spacial score (nSPS) is 11.9. The molecule has 0 heterocycles. The van der Waals surface area contributed by atoms with Crippen molar-refractivity contribution in [3.05, 3.63) is 90.0 Å². The van der Waals surface area contributed by atoms with Gasteiger partial charge in [-0.25, -0.2) is 0 Å². The molecule has 0 saturated carbocycles. The summed E-state index contributed by atoms with van der Waals surface area (Å²) >= 11 is 0. The zero-order chi connectivity index (χ0) is 26.3. The van der Waals surface area contributed by atoms with Crippen molar-refractivity contribution in [1.29, 1.82) is 0 Å². The second kappa shape index (κ2) is 11.8. The molecule has 0 aliphatic heterocycles. The number of rotatable bonds is 9. The number of hydrogen-bond donors (Lipinski definition) is 1. The molecule has 3 aromatic carbocycles. The van der Waals surface area contributed by atoms with E-state index in [4.69, 9.17) is 4.74 Å². The van der Waals surface area contributed by atoms with Crippen LogP contribution in [-0.2, 0) is 16.1 Å². The second-order valence-electron chi connectivity index (χ2n) is 10.2. The monoisotopic (exact) mass is 487 g/mol. The van der Waals surface area contributed by atoms with E-state index in [-0.39, 0.29) is 24.5 Å². The van der Waals surface area contributed by atoms with Crippen LogP contribution in [0.15, 0.2) is 78.9 Å². The molecule has 0 bridgehead atoms. The Kier molecular flexibility index (Phi) is 8.75. The Hall–Kier alpha value is -3.80. The average molecular weight is 488 g/mol. The van der Waals surface area contributed by atoms with Crippen molar-refractivity contribution in [1.82, 2.24) is 4.90 Å². The van der Waals surface area contributed by atoms with Gasteiger partial charge in [0.05, 0.1) is 6.04 Å². The number of ether oxygens (including phenoxy) is 1. The Morgan fingerprint density at radius 3 is 2.11 bits per heavy atom. The quantitative estimate of drug-likeness (QED) is 0.408. The van der Waals surface area contributed by atoms with E-state index in [2.05, 4.69) is 12.2 Å². The van der Waals surface area contributed by atoms with E-state index in [0.29, 0.717) is 18.0 Å². The third-order valence-corrected chi connectivity index (χ3v) is 5.95. The predicted molar refractivity (Wildman–Crippen MR) is 146 cm³/mol. The number of amides is 2. The van der Waals surface area contributed by atoms with Gasteiger partial charge in [-0.2, -0.15) is 0 Å². The van der Waals surface area contributed by atoms with Gasteiger partial charge in [-0.15, -0.1) is 0 Å². The van der Waals surface area contributed by atoms with Crippen molar-refractivity contribution in [2.75, 3.05) is 30.9 Å². The SMILES string of the molecule is CC(c1ccccc1)N(Cc1cc(NC(=O)COc2ccccc2)ccc1N(C)C)C(=O)C(C)(C)C. The molecule has 0 aliphatic rings. The van der Waals surface area contributed by atoms with Crippen molar-refractivity contribution >= 4 is 23.2 Å². The average Bonchev–Trinajstić information content (AvgIpc) is 2.86. The summed E-state index contributed by atoms with van der Waals surface area (Å²) in [6, 6.07) is 25.0. The summed E-state index contributed by atoms with van der Waals surface area (Å²) in [4.78, 5) is 30.1. The van der Waals surface area contributed by atoms with Crippen molar-refractivity contribution in [3.63, 3.8) is 0 Å². The molecule has 36 heavy (non-hydrogen) atoms. The lowest BCUT2D eigenvalue weighted by molar-refractivity contribution is -0.142. The highest BCUT2D eigenvalue weighted by Crippen LogP contribution is 2.32. The maximum atomic E-state index is 13.6. The number of hydrogen-bond acceptors (Lipinski definition) is 4. The molecule has 1 unspecified atom stereocenters. The molecular formula is C30H37N3O3. The predicted octanol–water partition coefficient (Wildman–Crippen LogP) is 5.91. The molecule has 3 aromatic rings. The minimum atomic E-state index is -0.540. The van der Waals surface area contributed by atoms with Gasteiger partial charge in [-0.3, -0.25) is 9.59 Å². The Balaban J connectivity index is 1.86. The molecule has 1 atom stereocenters. The first-order valence-corrected chi connectivity index (χ1v) is 12.2. The van der Waals surface area contributed by atoms with Gasteiger partial charge in [-0.05, 0) is 48.4 Å². The molecule has 0 spiro atoms. The van der Waals surface area contributed by atoms with Crippen LogP contribution in [0.2, 0.25) is 0 Å². The van der Waals surface area contributed by atoms with Crippen LogP contribution < -0.4 is 15.0 Å². The van der Waals surface area contributed by atoms with Crippen LogP contribution in [0.25, 0.3) is 0 Å². The topological polar surface area (TPSA) is 61.9 Å². The maximum Gasteiger partial charge on any atom is 0.262 e. The van der Waals surface area contributed by atoms with Crippen molar-refractivity contribution in [2.24, 2.45) is 5.41 Å². The Bertz CT molecular complexity index is 1160. The Morgan fingerprint density at radius 1 is 0.917 bits per heavy atom. The zero-order valence-corrected chi connectivity index (χ0v) is 22.1. The summed E-state index contributed by atoms with van der Waals surface area (Å²) in [6.45, 7) is 8.20. The van der Waals surface area contributed by atoms with Crippen LogP contribution in [0, 0.1) is 5.41 Å². The van der Waals surface area contributed by atoms with Gasteiger partial charge in [0.1, 0.15) is 5.75 Å². The van der Waals surface area contributed by atoms with Crippen LogP contribution in [0.5, 0.6) is 5.75 Å². The van der Waals surface area contributed by atoms with Gasteiger partial charge in [0.25, 0.3) is 5.91 Å². The van der Waals surface area contributed by atoms with E-state index in [1.165, 1.54) is 0 Å². The van der Waals surface area contributed by atoms with Gasteiger partial charge >= 0.3 is 0 Å². The summed E-state index contributed by atoms with van der Waals surface area (Å²) in [5, 5.41) is 2.93. The Labute approximate surface area is 214 Å². The number of carbonyl (C=O) groups is 2. The summed E-state index contributed by atoms with van der Waals surface area (Å²) in [6.07, 6.45) is 0. The fourth-order valence-corrected chi connectivity index (χ4v) is 4.00. The third kappa shape index (κ3) is 7.11. The zero-order valence-electron chi connectivity index (χ0n) is 22.1. The van der Waals surface area contributed by atoms with Crippen LogP contribution in [0.3, 0.4) is 0 Å². The van der Waals surface area contributed by atoms with Gasteiger partial charge < -0.3 is 19.9 Å². The fourth-order valence-electron chi connectivity index (χ4n) is 4.00. The minimum Gasteiger partial charge on any atom is -0.484 e. The lowest BCUT2D eigenvalue weighted by Gasteiger charge is -2.35. The summed E-state index contributed by atoms with van der Waals surface area (Å²) in [7, 11) is 3.95. The first kappa shape index (κ1) is 26.8. The first-order valence-electron chi connectivity index (χ1n) is 12.2. The first-order chi connectivity index (χ1) is 17.1. The standard InChI is InChI=1S/C30H37N3O3/c1-22(23-13-9-7-10-14-23)33(29(35)30(2,3)4)20-24-19-25(17-18-27(24)32(5)6)31-28(34)21-36-26-15-11-8-12-16-26/h7-19,22H,20-21H2,1-6H3,(H,31,34). The smallest absolute Gasteiger partial charge is 0.262 e. The maximum absolute atomic E-state index is 13.6. The number of anilines is 2. The van der Waals surface area contributed by atoms with Gasteiger partial charge in [0.15, 0.2) is 6.61 Å². The minimum absolute atomic E-state index is 0.0641. The van der Waals surface area contributed by atoms with Crippen molar-refractivity contribution in [2.45, 2.75) is 40.3 Å². The van der Waals surface area contributed by atoms with Crippen LogP contribution in [0.1, 0.15) is 44.9 Å². The molecule has 1 N–H and O–H groups in total. The van der Waals surface area contributed by atoms with E-state index >= 15 is 0 Å². The van der Waals surface area contributed by atoms with E-state index in [1.54, 1.807) is 0 Å². The molecule has 0 aromatic heterocycles. The lowest BCUT2D eigenvalue weighted by atomic mass is 9.92. The van der Waals surface area contributed by atoms with E-state index in [1.807, 2.05) is 124 Å². The fraction of sp³-hybridized carbons (Fsp3) is 0.333. The van der Waals surface area contributed by atoms with Crippen LogP contribution >= 0.6 is 0 Å². The molecule has 6 nitrogen and oxygen atoms in total. The van der Waals surface area contributed by atoms with E-state index in [0.717, 1.165) is 16.8 Å². The van der Waals surface area contributed by atoms with E-state index in [9.17, 15) is 9.59 Å². The van der Waals surface area contributed by atoms with Gasteiger partial charge in [0.2, 0.25) is 5.91 Å². The third-order valence-electron chi connectivity index (χ3n) is 5.95. The summed E-state index contributed by atoms with van der Waals surface area (Å²) in [5.41, 5.74) is 3.13. The highest BCUT2D eigenvalue weighted by Gasteiger charge is 2.31. The number of carbonyl (C=O) groups excluding carboxylic acids is 2. The van der Waals surface area contributed by atoms with Crippen molar-refractivity contribution < 1.29 is 14.3 Å². The molecule has 2 amide bonds. The second-order valence-corrected chi connectivity index (χ2v) is 10.2. The van der Waals surface area contributed by atoms with Gasteiger partial charge in [-0.1, -0.05) is 69.3 Å². The number of benzene rings is 3. The molecule has 3 rings (SSSR count). The summed E-state index contributed by atoms with van der Waals surface area (Å²) < 4.78 is 5.57. The van der Waals surface area contributed by atoms with Gasteiger partial charge in [0, 0.05) is 37.4 Å². The highest BCUT2D eigenvalue weighted by atomic mass is 16.5.